The van der Waals surface area contributed by atoms with Crippen LogP contribution in [0.4, 0.5) is 5.69 Å². The number of halogens is 1. The summed E-state index contributed by atoms with van der Waals surface area (Å²) in [5, 5.41) is 12.7. The second-order valence-electron chi connectivity index (χ2n) is 5.32. The summed E-state index contributed by atoms with van der Waals surface area (Å²) in [4.78, 5) is 2.29. The van der Waals surface area contributed by atoms with Crippen LogP contribution in [0.5, 0.6) is 0 Å². The van der Waals surface area contributed by atoms with Crippen molar-refractivity contribution in [2.75, 3.05) is 11.4 Å². The van der Waals surface area contributed by atoms with Crippen molar-refractivity contribution in [1.29, 1.82) is 0 Å². The van der Waals surface area contributed by atoms with Gasteiger partial charge in [-0.2, -0.15) is 0 Å². The van der Waals surface area contributed by atoms with Gasteiger partial charge in [-0.15, -0.1) is 0 Å². The van der Waals surface area contributed by atoms with Crippen molar-refractivity contribution in [3.63, 3.8) is 0 Å². The van der Waals surface area contributed by atoms with Gasteiger partial charge in [0, 0.05) is 28.9 Å². The molecule has 2 unspecified atom stereocenters. The molecule has 1 saturated heterocycles. The quantitative estimate of drug-likeness (QED) is 0.379. The van der Waals surface area contributed by atoms with Crippen LogP contribution in [0.3, 0.4) is 0 Å². The van der Waals surface area contributed by atoms with Gasteiger partial charge in [-0.05, 0) is 43.9 Å². The Morgan fingerprint density at radius 2 is 2.21 bits per heavy atom. The largest absolute Gasteiger partial charge is 0.409 e. The Morgan fingerprint density at radius 3 is 2.84 bits per heavy atom. The first kappa shape index (κ1) is 14.0. The van der Waals surface area contributed by atoms with E-state index in [1.54, 1.807) is 12.1 Å². The van der Waals surface area contributed by atoms with Gasteiger partial charge >= 0.3 is 0 Å². The van der Waals surface area contributed by atoms with Gasteiger partial charge in [0.15, 0.2) is 5.84 Å². The topological polar surface area (TPSA) is 61.8 Å². The molecule has 0 aromatic heterocycles. The van der Waals surface area contributed by atoms with Crippen LogP contribution >= 0.6 is 11.6 Å². The number of nitrogens with zero attached hydrogens (tertiary/aromatic N) is 2. The molecule has 2 atom stereocenters. The second kappa shape index (κ2) is 5.70. The lowest BCUT2D eigenvalue weighted by Gasteiger charge is -2.39. The second-order valence-corrected chi connectivity index (χ2v) is 5.76. The van der Waals surface area contributed by atoms with E-state index in [2.05, 4.69) is 23.9 Å². The first-order valence-electron chi connectivity index (χ1n) is 6.57. The average Bonchev–Trinajstić information content (AvgIpc) is 2.38. The molecule has 3 N–H and O–H groups in total. The highest BCUT2D eigenvalue weighted by Gasteiger charge is 2.25. The molecule has 0 saturated carbocycles. The first-order chi connectivity index (χ1) is 9.02. The molecule has 2 rings (SSSR count). The molecule has 0 radical (unpaired) electrons. The molecule has 0 amide bonds. The van der Waals surface area contributed by atoms with E-state index in [0.29, 0.717) is 11.1 Å². The SMILES string of the molecule is CC1CCN(c2cc(Cl)ccc2C(N)=NO)C(C)C1. The number of hydrogen-bond acceptors (Lipinski definition) is 3. The van der Waals surface area contributed by atoms with E-state index in [4.69, 9.17) is 22.5 Å². The molecular weight excluding hydrogens is 262 g/mol. The maximum absolute atomic E-state index is 8.90. The van der Waals surface area contributed by atoms with Gasteiger partial charge in [-0.3, -0.25) is 0 Å². The standard InChI is InChI=1S/C14H20ClN3O/c1-9-5-6-18(10(2)7-9)13-8-11(15)3-4-12(13)14(16)17-19/h3-4,8-10,19H,5-7H2,1-2H3,(H2,16,17). The fourth-order valence-electron chi connectivity index (χ4n) is 2.78. The summed E-state index contributed by atoms with van der Waals surface area (Å²) in [6.07, 6.45) is 2.29. The number of anilines is 1. The molecule has 1 aromatic carbocycles. The fourth-order valence-corrected chi connectivity index (χ4v) is 2.94. The Balaban J connectivity index is 2.40. The van der Waals surface area contributed by atoms with E-state index in [-0.39, 0.29) is 5.84 Å². The third-order valence-corrected chi connectivity index (χ3v) is 4.03. The molecule has 104 valence electrons. The van der Waals surface area contributed by atoms with Crippen LogP contribution in [0, 0.1) is 5.92 Å². The highest BCUT2D eigenvalue weighted by atomic mass is 35.5. The van der Waals surface area contributed by atoms with Gasteiger partial charge in [-0.25, -0.2) is 0 Å². The highest BCUT2D eigenvalue weighted by Crippen LogP contribution is 2.32. The van der Waals surface area contributed by atoms with Crippen LogP contribution in [-0.4, -0.2) is 23.6 Å². The zero-order valence-electron chi connectivity index (χ0n) is 11.3. The van der Waals surface area contributed by atoms with E-state index in [9.17, 15) is 0 Å². The molecule has 5 heteroatoms. The summed E-state index contributed by atoms with van der Waals surface area (Å²) >= 11 is 6.09. The zero-order chi connectivity index (χ0) is 14.0. The van der Waals surface area contributed by atoms with Gasteiger partial charge < -0.3 is 15.8 Å². The van der Waals surface area contributed by atoms with Gasteiger partial charge in [0.25, 0.3) is 0 Å². The summed E-state index contributed by atoms with van der Waals surface area (Å²) < 4.78 is 0. The molecule has 0 aliphatic carbocycles. The predicted octanol–water partition coefficient (Wildman–Crippen LogP) is 3.06. The van der Waals surface area contributed by atoms with Crippen LogP contribution < -0.4 is 10.6 Å². The van der Waals surface area contributed by atoms with Crippen LogP contribution in [0.25, 0.3) is 0 Å². The number of benzene rings is 1. The number of piperidine rings is 1. The van der Waals surface area contributed by atoms with Gasteiger partial charge in [-0.1, -0.05) is 23.7 Å². The maximum atomic E-state index is 8.90. The highest BCUT2D eigenvalue weighted by molar-refractivity contribution is 6.31. The van der Waals surface area contributed by atoms with Crippen molar-refractivity contribution in [3.8, 4) is 0 Å². The normalized spacial score (nSPS) is 24.6. The van der Waals surface area contributed by atoms with Gasteiger partial charge in [0.2, 0.25) is 0 Å². The monoisotopic (exact) mass is 281 g/mol. The molecule has 1 aromatic rings. The smallest absolute Gasteiger partial charge is 0.172 e. The molecule has 1 fully saturated rings. The Kier molecular flexibility index (Phi) is 4.20. The number of nitrogens with two attached hydrogens (primary N) is 1. The summed E-state index contributed by atoms with van der Waals surface area (Å²) in [6, 6.07) is 5.88. The summed E-state index contributed by atoms with van der Waals surface area (Å²) in [5.41, 5.74) is 7.43. The van der Waals surface area contributed by atoms with Crippen molar-refractivity contribution in [3.05, 3.63) is 28.8 Å². The molecule has 1 heterocycles. The minimum absolute atomic E-state index is 0.123. The summed E-state index contributed by atoms with van der Waals surface area (Å²) in [7, 11) is 0. The molecule has 1 aliphatic heterocycles. The lowest BCUT2D eigenvalue weighted by Crippen LogP contribution is -2.41. The Morgan fingerprint density at radius 1 is 1.47 bits per heavy atom. The molecular formula is C14H20ClN3O. The third kappa shape index (κ3) is 2.95. The first-order valence-corrected chi connectivity index (χ1v) is 6.94. The van der Waals surface area contributed by atoms with Gasteiger partial charge in [0.05, 0.1) is 0 Å². The van der Waals surface area contributed by atoms with Crippen molar-refractivity contribution < 1.29 is 5.21 Å². The maximum Gasteiger partial charge on any atom is 0.172 e. The molecule has 0 bridgehead atoms. The lowest BCUT2D eigenvalue weighted by molar-refractivity contribution is 0.318. The number of hydrogen-bond donors (Lipinski definition) is 2. The minimum atomic E-state index is 0.123. The minimum Gasteiger partial charge on any atom is -0.409 e. The third-order valence-electron chi connectivity index (χ3n) is 3.79. The molecule has 4 nitrogen and oxygen atoms in total. The molecule has 1 aliphatic rings. The van der Waals surface area contributed by atoms with E-state index >= 15 is 0 Å². The zero-order valence-corrected chi connectivity index (χ0v) is 12.1. The van der Waals surface area contributed by atoms with Crippen molar-refractivity contribution in [1.82, 2.24) is 0 Å². The number of rotatable bonds is 2. The fraction of sp³-hybridized carbons (Fsp3) is 0.500. The van der Waals surface area contributed by atoms with Crippen LogP contribution in [0.15, 0.2) is 23.4 Å². The van der Waals surface area contributed by atoms with Crippen LogP contribution in [0.1, 0.15) is 32.3 Å². The van der Waals surface area contributed by atoms with Crippen molar-refractivity contribution in [2.24, 2.45) is 16.8 Å². The lowest BCUT2D eigenvalue weighted by atomic mass is 9.92. The van der Waals surface area contributed by atoms with E-state index < -0.39 is 0 Å². The van der Waals surface area contributed by atoms with Crippen LogP contribution in [0.2, 0.25) is 5.02 Å². The van der Waals surface area contributed by atoms with Crippen molar-refractivity contribution >= 4 is 23.1 Å². The molecule has 19 heavy (non-hydrogen) atoms. The van der Waals surface area contributed by atoms with Crippen LogP contribution in [-0.2, 0) is 0 Å². The Labute approximate surface area is 118 Å². The molecule has 0 spiro atoms. The summed E-state index contributed by atoms with van der Waals surface area (Å²) in [6.45, 7) is 5.44. The average molecular weight is 282 g/mol. The van der Waals surface area contributed by atoms with E-state index in [1.807, 2.05) is 6.07 Å². The van der Waals surface area contributed by atoms with E-state index in [1.165, 1.54) is 0 Å². The predicted molar refractivity (Wildman–Crippen MR) is 79.2 cm³/mol. The van der Waals surface area contributed by atoms with E-state index in [0.717, 1.165) is 36.6 Å². The summed E-state index contributed by atoms with van der Waals surface area (Å²) in [5.74, 6) is 0.857. The number of amidine groups is 1. The Bertz CT molecular complexity index is 490. The van der Waals surface area contributed by atoms with Gasteiger partial charge in [0.1, 0.15) is 0 Å². The number of oxime groups is 1. The van der Waals surface area contributed by atoms with Crippen molar-refractivity contribution in [2.45, 2.75) is 32.7 Å². The Hall–Kier alpha value is -1.42.